The molecule has 0 aromatic heterocycles. The topological polar surface area (TPSA) is 6.48 Å². The molecule has 0 unspecified atom stereocenters. The second-order valence-corrected chi connectivity index (χ2v) is 5.36. The van der Waals surface area contributed by atoms with Crippen molar-refractivity contribution in [2.75, 3.05) is 22.9 Å². The van der Waals surface area contributed by atoms with Gasteiger partial charge < -0.3 is 9.80 Å². The molecule has 0 fully saturated rings. The number of anilines is 2. The van der Waals surface area contributed by atoms with Crippen LogP contribution in [0.25, 0.3) is 0 Å². The van der Waals surface area contributed by atoms with E-state index in [1.165, 1.54) is 16.9 Å². The predicted octanol–water partition coefficient (Wildman–Crippen LogP) is 4.23. The zero-order valence-corrected chi connectivity index (χ0v) is 12.5. The van der Waals surface area contributed by atoms with Crippen LogP contribution in [0.4, 0.5) is 11.4 Å². The standard InChI is InChI=1S/C18H22N2/c1-4-19-16-13-9-10-14-17(16)20(5-2)18(19,3)15-11-7-6-8-12-15/h6-14H,4-5H2,1-3H3. The fourth-order valence-electron chi connectivity index (χ4n) is 3.56. The summed E-state index contributed by atoms with van der Waals surface area (Å²) in [6.45, 7) is 8.79. The minimum absolute atomic E-state index is 0.103. The third-order valence-electron chi connectivity index (χ3n) is 4.47. The molecular weight excluding hydrogens is 244 g/mol. The van der Waals surface area contributed by atoms with Crippen molar-refractivity contribution >= 4 is 11.4 Å². The van der Waals surface area contributed by atoms with Gasteiger partial charge in [-0.3, -0.25) is 0 Å². The molecule has 2 aromatic carbocycles. The third-order valence-corrected chi connectivity index (χ3v) is 4.47. The lowest BCUT2D eigenvalue weighted by atomic mass is 9.98. The van der Waals surface area contributed by atoms with Gasteiger partial charge in [0, 0.05) is 13.1 Å². The summed E-state index contributed by atoms with van der Waals surface area (Å²) in [7, 11) is 0. The molecule has 1 aliphatic rings. The zero-order chi connectivity index (χ0) is 14.2. The van der Waals surface area contributed by atoms with Crippen LogP contribution < -0.4 is 9.80 Å². The molecule has 0 atom stereocenters. The Morgan fingerprint density at radius 3 is 1.65 bits per heavy atom. The van der Waals surface area contributed by atoms with E-state index in [0.717, 1.165) is 13.1 Å². The summed E-state index contributed by atoms with van der Waals surface area (Å²) >= 11 is 0. The van der Waals surface area contributed by atoms with Crippen LogP contribution in [0, 0.1) is 0 Å². The number of nitrogens with zero attached hydrogens (tertiary/aromatic N) is 2. The number of para-hydroxylation sites is 2. The van der Waals surface area contributed by atoms with E-state index in [1.807, 2.05) is 0 Å². The van der Waals surface area contributed by atoms with E-state index in [4.69, 9.17) is 0 Å². The van der Waals surface area contributed by atoms with Crippen LogP contribution in [-0.2, 0) is 5.66 Å². The van der Waals surface area contributed by atoms with Crippen LogP contribution in [0.1, 0.15) is 26.3 Å². The summed E-state index contributed by atoms with van der Waals surface area (Å²) in [6.07, 6.45) is 0. The minimum Gasteiger partial charge on any atom is -0.344 e. The first kappa shape index (κ1) is 13.0. The Bertz CT molecular complexity index is 560. The zero-order valence-electron chi connectivity index (χ0n) is 12.5. The molecule has 3 rings (SSSR count). The Morgan fingerprint density at radius 1 is 0.750 bits per heavy atom. The first-order chi connectivity index (χ1) is 9.73. The SMILES string of the molecule is CCN1c2ccccc2N(CC)C1(C)c1ccccc1. The third kappa shape index (κ3) is 1.64. The molecule has 0 spiro atoms. The highest BCUT2D eigenvalue weighted by molar-refractivity contribution is 5.80. The number of benzene rings is 2. The molecule has 1 heterocycles. The second-order valence-electron chi connectivity index (χ2n) is 5.36. The van der Waals surface area contributed by atoms with Crippen molar-refractivity contribution in [3.8, 4) is 0 Å². The lowest BCUT2D eigenvalue weighted by molar-refractivity contribution is 0.444. The van der Waals surface area contributed by atoms with Crippen molar-refractivity contribution in [3.05, 3.63) is 60.2 Å². The molecule has 0 amide bonds. The number of hydrogen-bond donors (Lipinski definition) is 0. The molecule has 0 bridgehead atoms. The van der Waals surface area contributed by atoms with E-state index in [1.54, 1.807) is 0 Å². The molecule has 1 aliphatic heterocycles. The maximum absolute atomic E-state index is 2.50. The van der Waals surface area contributed by atoms with Gasteiger partial charge >= 0.3 is 0 Å². The summed E-state index contributed by atoms with van der Waals surface area (Å²) in [5.41, 5.74) is 3.92. The van der Waals surface area contributed by atoms with E-state index in [9.17, 15) is 0 Å². The van der Waals surface area contributed by atoms with Gasteiger partial charge in [-0.1, -0.05) is 42.5 Å². The van der Waals surface area contributed by atoms with Gasteiger partial charge in [-0.05, 0) is 38.5 Å². The van der Waals surface area contributed by atoms with Crippen LogP contribution in [0.5, 0.6) is 0 Å². The maximum atomic E-state index is 2.50. The fourth-order valence-corrected chi connectivity index (χ4v) is 3.56. The normalized spacial score (nSPS) is 16.4. The molecular formula is C18H22N2. The van der Waals surface area contributed by atoms with Crippen molar-refractivity contribution in [3.63, 3.8) is 0 Å². The van der Waals surface area contributed by atoms with Gasteiger partial charge in [-0.25, -0.2) is 0 Å². The van der Waals surface area contributed by atoms with Gasteiger partial charge in [0.2, 0.25) is 0 Å². The van der Waals surface area contributed by atoms with Crippen LogP contribution in [0.2, 0.25) is 0 Å². The summed E-state index contributed by atoms with van der Waals surface area (Å²) in [5.74, 6) is 0. The van der Waals surface area contributed by atoms with Crippen LogP contribution in [-0.4, -0.2) is 13.1 Å². The van der Waals surface area contributed by atoms with Gasteiger partial charge in [0.15, 0.2) is 0 Å². The first-order valence-electron chi connectivity index (χ1n) is 7.43. The predicted molar refractivity (Wildman–Crippen MR) is 86.3 cm³/mol. The molecule has 0 saturated carbocycles. The quantitative estimate of drug-likeness (QED) is 0.820. The smallest absolute Gasteiger partial charge is 0.136 e. The average molecular weight is 266 g/mol. The summed E-state index contributed by atoms with van der Waals surface area (Å²) in [6, 6.07) is 19.5. The molecule has 0 saturated heterocycles. The highest BCUT2D eigenvalue weighted by atomic mass is 15.5. The van der Waals surface area contributed by atoms with Gasteiger partial charge in [0.1, 0.15) is 5.66 Å². The Balaban J connectivity index is 2.20. The van der Waals surface area contributed by atoms with Crippen molar-refractivity contribution in [1.82, 2.24) is 0 Å². The molecule has 0 radical (unpaired) electrons. The van der Waals surface area contributed by atoms with E-state index in [2.05, 4.69) is 85.2 Å². The van der Waals surface area contributed by atoms with Gasteiger partial charge in [-0.15, -0.1) is 0 Å². The first-order valence-corrected chi connectivity index (χ1v) is 7.43. The van der Waals surface area contributed by atoms with Crippen molar-refractivity contribution < 1.29 is 0 Å². The van der Waals surface area contributed by atoms with Crippen molar-refractivity contribution in [2.45, 2.75) is 26.4 Å². The molecule has 0 N–H and O–H groups in total. The molecule has 2 heteroatoms. The van der Waals surface area contributed by atoms with Gasteiger partial charge in [-0.2, -0.15) is 0 Å². The Hall–Kier alpha value is -1.96. The highest BCUT2D eigenvalue weighted by Crippen LogP contribution is 2.49. The lowest BCUT2D eigenvalue weighted by Crippen LogP contribution is -2.52. The van der Waals surface area contributed by atoms with Gasteiger partial charge in [0.25, 0.3) is 0 Å². The van der Waals surface area contributed by atoms with Crippen LogP contribution in [0.15, 0.2) is 54.6 Å². The Morgan fingerprint density at radius 2 is 1.20 bits per heavy atom. The largest absolute Gasteiger partial charge is 0.344 e. The summed E-state index contributed by atoms with van der Waals surface area (Å²) in [5, 5.41) is 0. The number of hydrogen-bond acceptors (Lipinski definition) is 2. The fraction of sp³-hybridized carbons (Fsp3) is 0.333. The monoisotopic (exact) mass is 266 g/mol. The van der Waals surface area contributed by atoms with Crippen molar-refractivity contribution in [2.24, 2.45) is 0 Å². The molecule has 20 heavy (non-hydrogen) atoms. The van der Waals surface area contributed by atoms with E-state index >= 15 is 0 Å². The Labute approximate surface area is 121 Å². The minimum atomic E-state index is -0.103. The molecule has 2 aromatic rings. The van der Waals surface area contributed by atoms with Crippen molar-refractivity contribution in [1.29, 1.82) is 0 Å². The van der Waals surface area contributed by atoms with Gasteiger partial charge in [0.05, 0.1) is 11.4 Å². The summed E-state index contributed by atoms with van der Waals surface area (Å²) in [4.78, 5) is 5.00. The highest BCUT2D eigenvalue weighted by Gasteiger charge is 2.45. The van der Waals surface area contributed by atoms with E-state index < -0.39 is 0 Å². The number of fused-ring (bicyclic) bond motifs is 1. The summed E-state index contributed by atoms with van der Waals surface area (Å²) < 4.78 is 0. The van der Waals surface area contributed by atoms with Crippen LogP contribution in [0.3, 0.4) is 0 Å². The molecule has 104 valence electrons. The molecule has 2 nitrogen and oxygen atoms in total. The van der Waals surface area contributed by atoms with E-state index in [0.29, 0.717) is 0 Å². The Kier molecular flexibility index (Phi) is 3.17. The van der Waals surface area contributed by atoms with E-state index in [-0.39, 0.29) is 5.66 Å². The average Bonchev–Trinajstić information content (AvgIpc) is 2.76. The maximum Gasteiger partial charge on any atom is 0.136 e. The van der Waals surface area contributed by atoms with Crippen LogP contribution >= 0.6 is 0 Å². The number of rotatable bonds is 3. The molecule has 0 aliphatic carbocycles. The second kappa shape index (κ2) is 4.86. The lowest BCUT2D eigenvalue weighted by Gasteiger charge is -2.43.